The van der Waals surface area contributed by atoms with Crippen LogP contribution in [-0.2, 0) is 11.3 Å². The van der Waals surface area contributed by atoms with E-state index in [4.69, 9.17) is 32.9 Å². The van der Waals surface area contributed by atoms with E-state index in [2.05, 4.69) is 9.80 Å². The van der Waals surface area contributed by atoms with Crippen LogP contribution in [0.4, 0.5) is 0 Å². The Balaban J connectivity index is 1.71. The van der Waals surface area contributed by atoms with Gasteiger partial charge in [0.2, 0.25) is 0 Å². The van der Waals surface area contributed by atoms with Crippen LogP contribution in [-0.4, -0.2) is 72.8 Å². The second-order valence-corrected chi connectivity index (χ2v) is 9.33. The van der Waals surface area contributed by atoms with Gasteiger partial charge in [-0.3, -0.25) is 9.36 Å². The van der Waals surface area contributed by atoms with E-state index >= 15 is 0 Å². The summed E-state index contributed by atoms with van der Waals surface area (Å²) >= 11 is 12.4. The summed E-state index contributed by atoms with van der Waals surface area (Å²) in [6, 6.07) is 3.36. The predicted octanol–water partition coefficient (Wildman–Crippen LogP) is 3.09. The number of halogens is 2. The third kappa shape index (κ3) is 4.62. The Kier molecular flexibility index (Phi) is 6.47. The highest BCUT2D eigenvalue weighted by Crippen LogP contribution is 2.30. The van der Waals surface area contributed by atoms with Gasteiger partial charge in [0.25, 0.3) is 5.56 Å². The van der Waals surface area contributed by atoms with Crippen LogP contribution in [0, 0.1) is 5.92 Å². The number of rotatable bonds is 6. The van der Waals surface area contributed by atoms with E-state index in [1.165, 1.54) is 0 Å². The smallest absolute Gasteiger partial charge is 0.261 e. The molecule has 2 aliphatic rings. The summed E-state index contributed by atoms with van der Waals surface area (Å²) in [5.41, 5.74) is 0.597. The van der Waals surface area contributed by atoms with Crippen molar-refractivity contribution in [3.63, 3.8) is 0 Å². The lowest BCUT2D eigenvalue weighted by Gasteiger charge is -2.37. The maximum absolute atomic E-state index is 13.4. The predicted molar refractivity (Wildman–Crippen MR) is 117 cm³/mol. The summed E-state index contributed by atoms with van der Waals surface area (Å²) < 4.78 is 7.19. The first-order valence-corrected chi connectivity index (χ1v) is 11.0. The molecule has 0 unspecified atom stereocenters. The van der Waals surface area contributed by atoms with Crippen LogP contribution >= 0.6 is 23.2 Å². The molecule has 2 aromatic rings. The zero-order chi connectivity index (χ0) is 20.5. The van der Waals surface area contributed by atoms with Crippen molar-refractivity contribution < 1.29 is 4.74 Å². The van der Waals surface area contributed by atoms with Gasteiger partial charge in [0.05, 0.1) is 34.2 Å². The molecule has 0 spiro atoms. The molecule has 0 saturated carbocycles. The second-order valence-electron chi connectivity index (χ2n) is 8.52. The van der Waals surface area contributed by atoms with Gasteiger partial charge in [-0.15, -0.1) is 0 Å². The first-order chi connectivity index (χ1) is 13.9. The van der Waals surface area contributed by atoms with Crippen molar-refractivity contribution in [1.29, 1.82) is 0 Å². The normalized spacial score (nSPS) is 21.1. The van der Waals surface area contributed by atoms with Crippen LogP contribution in [0.25, 0.3) is 10.9 Å². The molecule has 3 heterocycles. The van der Waals surface area contributed by atoms with Crippen LogP contribution < -0.4 is 5.56 Å². The molecule has 158 valence electrons. The highest BCUT2D eigenvalue weighted by Gasteiger charge is 2.29. The van der Waals surface area contributed by atoms with Gasteiger partial charge in [0.1, 0.15) is 5.82 Å². The Morgan fingerprint density at radius 1 is 1.24 bits per heavy atom. The number of piperidine rings is 1. The van der Waals surface area contributed by atoms with E-state index in [1.807, 2.05) is 18.7 Å². The van der Waals surface area contributed by atoms with Gasteiger partial charge in [-0.05, 0) is 45.6 Å². The summed E-state index contributed by atoms with van der Waals surface area (Å²) in [5.74, 6) is 1.74. The van der Waals surface area contributed by atoms with Crippen molar-refractivity contribution in [2.24, 2.45) is 5.92 Å². The van der Waals surface area contributed by atoms with Crippen molar-refractivity contribution >= 4 is 34.1 Å². The van der Waals surface area contributed by atoms with E-state index in [0.29, 0.717) is 33.4 Å². The lowest BCUT2D eigenvalue weighted by molar-refractivity contribution is -0.0492. The molecule has 0 radical (unpaired) electrons. The quantitative estimate of drug-likeness (QED) is 0.693. The van der Waals surface area contributed by atoms with Gasteiger partial charge in [-0.25, -0.2) is 4.98 Å². The number of hydrogen-bond acceptors (Lipinski definition) is 5. The molecule has 2 fully saturated rings. The van der Waals surface area contributed by atoms with Crippen molar-refractivity contribution in [2.45, 2.75) is 25.3 Å². The molecule has 6 nitrogen and oxygen atoms in total. The van der Waals surface area contributed by atoms with E-state index in [1.54, 1.807) is 12.1 Å². The fraction of sp³-hybridized carbons (Fsp3) is 0.619. The van der Waals surface area contributed by atoms with Gasteiger partial charge in [0, 0.05) is 38.0 Å². The average molecular weight is 439 g/mol. The summed E-state index contributed by atoms with van der Waals surface area (Å²) in [5, 5.41) is 1.34. The monoisotopic (exact) mass is 438 g/mol. The summed E-state index contributed by atoms with van der Waals surface area (Å²) in [7, 11) is 4.03. The molecule has 0 aliphatic carbocycles. The first-order valence-electron chi connectivity index (χ1n) is 10.3. The number of ether oxygens (including phenoxy) is 1. The number of hydrogen-bond donors (Lipinski definition) is 0. The molecule has 1 aromatic heterocycles. The molecule has 8 heteroatoms. The molecule has 1 aromatic carbocycles. The zero-order valence-electron chi connectivity index (χ0n) is 17.0. The zero-order valence-corrected chi connectivity index (χ0v) is 18.5. The largest absolute Gasteiger partial charge is 0.381 e. The lowest BCUT2D eigenvalue weighted by Crippen LogP contribution is -2.44. The SMILES string of the molecule is CN(C)CCn1c([C@@H]2CCCN(CC3COC3)C2)nc2cc(Cl)c(Cl)cc2c1=O. The molecule has 0 N–H and O–H groups in total. The minimum Gasteiger partial charge on any atom is -0.381 e. The van der Waals surface area contributed by atoms with Crippen LogP contribution in [0.3, 0.4) is 0 Å². The summed E-state index contributed by atoms with van der Waals surface area (Å²) in [6.45, 7) is 6.20. The number of benzene rings is 1. The Hall–Kier alpha value is -1.18. The Morgan fingerprint density at radius 3 is 2.69 bits per heavy atom. The van der Waals surface area contributed by atoms with Crippen LogP contribution in [0.15, 0.2) is 16.9 Å². The van der Waals surface area contributed by atoms with E-state index in [9.17, 15) is 4.79 Å². The van der Waals surface area contributed by atoms with Gasteiger partial charge in [0.15, 0.2) is 0 Å². The maximum atomic E-state index is 13.4. The van der Waals surface area contributed by atoms with Gasteiger partial charge < -0.3 is 14.5 Å². The number of nitrogens with zero attached hydrogens (tertiary/aromatic N) is 4. The van der Waals surface area contributed by atoms with Crippen LogP contribution in [0.2, 0.25) is 10.0 Å². The molecule has 0 bridgehead atoms. The molecule has 1 atom stereocenters. The van der Waals surface area contributed by atoms with Crippen molar-refractivity contribution in [1.82, 2.24) is 19.4 Å². The Labute approximate surface area is 181 Å². The molecular weight excluding hydrogens is 411 g/mol. The van der Waals surface area contributed by atoms with Crippen molar-refractivity contribution in [2.75, 3.05) is 53.5 Å². The third-order valence-corrected chi connectivity index (χ3v) is 6.61. The highest BCUT2D eigenvalue weighted by atomic mass is 35.5. The maximum Gasteiger partial charge on any atom is 0.261 e. The molecule has 29 heavy (non-hydrogen) atoms. The molecule has 0 amide bonds. The molecule has 4 rings (SSSR count). The summed E-state index contributed by atoms with van der Waals surface area (Å²) in [4.78, 5) is 22.9. The number of fused-ring (bicyclic) bond motifs is 1. The summed E-state index contributed by atoms with van der Waals surface area (Å²) in [6.07, 6.45) is 2.15. The lowest BCUT2D eigenvalue weighted by atomic mass is 9.95. The Morgan fingerprint density at radius 2 is 2.00 bits per heavy atom. The minimum absolute atomic E-state index is 0.0325. The minimum atomic E-state index is -0.0325. The van der Waals surface area contributed by atoms with Crippen LogP contribution in [0.1, 0.15) is 24.6 Å². The van der Waals surface area contributed by atoms with Gasteiger partial charge in [-0.2, -0.15) is 0 Å². The van der Waals surface area contributed by atoms with Crippen molar-refractivity contribution in [3.05, 3.63) is 38.4 Å². The molecule has 2 aliphatic heterocycles. The second kappa shape index (κ2) is 8.90. The highest BCUT2D eigenvalue weighted by molar-refractivity contribution is 6.42. The number of likely N-dealkylation sites (tertiary alicyclic amines) is 1. The van der Waals surface area contributed by atoms with E-state index < -0.39 is 0 Å². The standard InChI is InChI=1S/C21H28Cl2N4O2/c1-25(2)6-7-27-20(15-4-3-5-26(11-15)10-14-12-29-13-14)24-19-9-18(23)17(22)8-16(19)21(27)28/h8-9,14-15H,3-7,10-13H2,1-2H3/t15-/m1/s1. The van der Waals surface area contributed by atoms with E-state index in [-0.39, 0.29) is 11.5 Å². The van der Waals surface area contributed by atoms with Crippen LogP contribution in [0.5, 0.6) is 0 Å². The van der Waals surface area contributed by atoms with Gasteiger partial charge in [-0.1, -0.05) is 23.2 Å². The number of likely N-dealkylation sites (N-methyl/N-ethyl adjacent to an activating group) is 1. The van der Waals surface area contributed by atoms with Gasteiger partial charge >= 0.3 is 0 Å². The Bertz CT molecular complexity index is 942. The topological polar surface area (TPSA) is 50.6 Å². The third-order valence-electron chi connectivity index (χ3n) is 5.89. The number of aromatic nitrogens is 2. The fourth-order valence-corrected chi connectivity index (χ4v) is 4.57. The average Bonchev–Trinajstić information content (AvgIpc) is 2.65. The molecule has 2 saturated heterocycles. The van der Waals surface area contributed by atoms with Crippen molar-refractivity contribution in [3.8, 4) is 0 Å². The molecular formula is C21H28Cl2N4O2. The first kappa shape index (κ1) is 21.1. The fourth-order valence-electron chi connectivity index (χ4n) is 4.25. The van der Waals surface area contributed by atoms with E-state index in [0.717, 1.165) is 58.1 Å².